The van der Waals surface area contributed by atoms with Crippen molar-refractivity contribution in [1.82, 2.24) is 0 Å². The molecule has 3 nitrogen and oxygen atoms in total. The van der Waals surface area contributed by atoms with Crippen LogP contribution < -0.4 is 0 Å². The van der Waals surface area contributed by atoms with Crippen LogP contribution in [0.1, 0.15) is 59.3 Å². The van der Waals surface area contributed by atoms with E-state index in [2.05, 4.69) is 57.2 Å². The number of allylic oxidation sites excluding steroid dienone is 6. The minimum Gasteiger partial charge on any atom is -0.386 e. The molecular weight excluding hydrogens is 347 g/mol. The molecule has 0 heterocycles. The van der Waals surface area contributed by atoms with Gasteiger partial charge in [-0.25, -0.2) is 0 Å². The molecule has 0 radical (unpaired) electrons. The van der Waals surface area contributed by atoms with Crippen LogP contribution >= 0.6 is 0 Å². The molecule has 4 heteroatoms. The lowest BCUT2D eigenvalue weighted by Gasteiger charge is -2.30. The lowest BCUT2D eigenvalue weighted by atomic mass is 9.84. The van der Waals surface area contributed by atoms with Gasteiger partial charge in [-0.15, -0.1) is 0 Å². The van der Waals surface area contributed by atoms with Gasteiger partial charge in [0.2, 0.25) is 0 Å². The Labute approximate surface area is 172 Å². The van der Waals surface area contributed by atoms with Crippen LogP contribution in [0.5, 0.6) is 0 Å². The van der Waals surface area contributed by atoms with Gasteiger partial charge in [0.25, 0.3) is 0 Å². The van der Waals surface area contributed by atoms with Crippen LogP contribution in [0.2, 0.25) is 0 Å². The third-order valence-corrected chi connectivity index (χ3v) is 7.09. The Morgan fingerprint density at radius 1 is 0.536 bits per heavy atom. The van der Waals surface area contributed by atoms with E-state index in [9.17, 15) is 0 Å². The minimum absolute atomic E-state index is 0.533. The van der Waals surface area contributed by atoms with Crippen LogP contribution in [-0.2, 0) is 14.0 Å². The van der Waals surface area contributed by atoms with E-state index < -0.39 is 7.32 Å². The normalized spacial score (nSPS) is 35.2. The van der Waals surface area contributed by atoms with Crippen LogP contribution in [0.3, 0.4) is 0 Å². The highest BCUT2D eigenvalue weighted by Gasteiger charge is 2.30. The van der Waals surface area contributed by atoms with E-state index >= 15 is 0 Å². The molecule has 0 aromatic carbocycles. The van der Waals surface area contributed by atoms with E-state index in [4.69, 9.17) is 14.0 Å². The van der Waals surface area contributed by atoms with E-state index in [1.807, 2.05) is 0 Å². The third-order valence-electron chi connectivity index (χ3n) is 7.09. The molecule has 0 aliphatic heterocycles. The summed E-state index contributed by atoms with van der Waals surface area (Å²) in [6, 6.07) is 0. The van der Waals surface area contributed by atoms with Gasteiger partial charge in [0.1, 0.15) is 0 Å². The molecule has 0 spiro atoms. The first-order valence-corrected chi connectivity index (χ1v) is 11.4. The largest absolute Gasteiger partial charge is 0.639 e. The zero-order chi connectivity index (χ0) is 19.8. The monoisotopic (exact) mass is 386 g/mol. The number of hydrogen-bond acceptors (Lipinski definition) is 3. The van der Waals surface area contributed by atoms with Gasteiger partial charge in [-0.3, -0.25) is 0 Å². The van der Waals surface area contributed by atoms with E-state index in [0.29, 0.717) is 35.5 Å². The Kier molecular flexibility index (Phi) is 8.88. The molecule has 6 atom stereocenters. The molecule has 3 rings (SSSR count). The summed E-state index contributed by atoms with van der Waals surface area (Å²) in [6.07, 6.45) is 20.5. The summed E-state index contributed by atoms with van der Waals surface area (Å²) in [5, 5.41) is 0. The first kappa shape index (κ1) is 21.9. The van der Waals surface area contributed by atoms with Crippen molar-refractivity contribution >= 4 is 7.32 Å². The SMILES string of the molecule is C[C@@H]1CC=CC[C@@H]1COB(OC[C@@H]1CC=CC[C@@H]1C)OC[C@@H]1CC=CC[C@@H]1C. The first-order chi connectivity index (χ1) is 13.6. The van der Waals surface area contributed by atoms with Crippen LogP contribution in [0, 0.1) is 35.5 Å². The highest BCUT2D eigenvalue weighted by atomic mass is 16.7. The molecule has 0 N–H and O–H groups in total. The van der Waals surface area contributed by atoms with Crippen molar-refractivity contribution in [3.05, 3.63) is 36.5 Å². The maximum Gasteiger partial charge on any atom is 0.639 e. The van der Waals surface area contributed by atoms with Gasteiger partial charge in [-0.05, 0) is 74.0 Å². The van der Waals surface area contributed by atoms with E-state index in [-0.39, 0.29) is 0 Å². The lowest BCUT2D eigenvalue weighted by molar-refractivity contribution is 0.0404. The van der Waals surface area contributed by atoms with Crippen molar-refractivity contribution in [2.24, 2.45) is 35.5 Å². The standard InChI is InChI=1S/C24H39BO3/c1-19-10-4-7-13-22(19)16-26-25(27-17-23-14-8-5-11-20(23)2)28-18-24-15-9-6-12-21(24)3/h4-9,19-24H,10-18H2,1-3H3/t19-,20-,21+,22-,23-,24+/m0/s1. The predicted molar refractivity (Wildman–Crippen MR) is 117 cm³/mol. The van der Waals surface area contributed by atoms with Gasteiger partial charge in [-0.1, -0.05) is 57.2 Å². The number of hydrogen-bond donors (Lipinski definition) is 0. The second kappa shape index (κ2) is 11.4. The third kappa shape index (κ3) is 6.61. The fourth-order valence-corrected chi connectivity index (χ4v) is 4.47. The molecule has 0 saturated heterocycles. The van der Waals surface area contributed by atoms with Gasteiger partial charge >= 0.3 is 7.32 Å². The first-order valence-electron chi connectivity index (χ1n) is 11.4. The van der Waals surface area contributed by atoms with Gasteiger partial charge in [0.15, 0.2) is 0 Å². The van der Waals surface area contributed by atoms with Crippen molar-refractivity contribution in [3.8, 4) is 0 Å². The Balaban J connectivity index is 1.50. The summed E-state index contributed by atoms with van der Waals surface area (Å²) >= 11 is 0. The van der Waals surface area contributed by atoms with E-state index in [1.165, 1.54) is 0 Å². The second-order valence-corrected chi connectivity index (χ2v) is 9.33. The van der Waals surface area contributed by atoms with Gasteiger partial charge in [0, 0.05) is 19.8 Å². The molecule has 0 saturated carbocycles. The van der Waals surface area contributed by atoms with E-state index in [1.54, 1.807) is 0 Å². The fraction of sp³-hybridized carbons (Fsp3) is 0.750. The lowest BCUT2D eigenvalue weighted by Crippen LogP contribution is -2.36. The van der Waals surface area contributed by atoms with Gasteiger partial charge in [0.05, 0.1) is 0 Å². The van der Waals surface area contributed by atoms with Crippen LogP contribution in [-0.4, -0.2) is 27.1 Å². The summed E-state index contributed by atoms with van der Waals surface area (Å²) in [5.74, 6) is 3.68. The molecule has 28 heavy (non-hydrogen) atoms. The van der Waals surface area contributed by atoms with Gasteiger partial charge in [-0.2, -0.15) is 0 Å². The molecule has 0 fully saturated rings. The quantitative estimate of drug-likeness (QED) is 0.369. The number of rotatable bonds is 9. The van der Waals surface area contributed by atoms with Gasteiger partial charge < -0.3 is 14.0 Å². The second-order valence-electron chi connectivity index (χ2n) is 9.33. The zero-order valence-corrected chi connectivity index (χ0v) is 18.1. The smallest absolute Gasteiger partial charge is 0.386 e. The highest BCUT2D eigenvalue weighted by Crippen LogP contribution is 2.28. The summed E-state index contributed by atoms with van der Waals surface area (Å²) in [4.78, 5) is 0. The molecule has 3 aliphatic rings. The Morgan fingerprint density at radius 2 is 0.821 bits per heavy atom. The molecule has 3 aliphatic carbocycles. The topological polar surface area (TPSA) is 27.7 Å². The molecule has 0 bridgehead atoms. The van der Waals surface area contributed by atoms with Crippen molar-refractivity contribution < 1.29 is 14.0 Å². The highest BCUT2D eigenvalue weighted by molar-refractivity contribution is 6.36. The fourth-order valence-electron chi connectivity index (χ4n) is 4.47. The van der Waals surface area contributed by atoms with Crippen molar-refractivity contribution in [2.45, 2.75) is 59.3 Å². The zero-order valence-electron chi connectivity index (χ0n) is 18.1. The van der Waals surface area contributed by atoms with Crippen LogP contribution in [0.4, 0.5) is 0 Å². The maximum absolute atomic E-state index is 6.19. The summed E-state index contributed by atoms with van der Waals surface area (Å²) < 4.78 is 18.6. The summed E-state index contributed by atoms with van der Waals surface area (Å²) in [7, 11) is -0.533. The minimum atomic E-state index is -0.533. The van der Waals surface area contributed by atoms with Crippen molar-refractivity contribution in [2.75, 3.05) is 19.8 Å². The van der Waals surface area contributed by atoms with Crippen LogP contribution in [0.15, 0.2) is 36.5 Å². The van der Waals surface area contributed by atoms with Crippen LogP contribution in [0.25, 0.3) is 0 Å². The summed E-state index contributed by atoms with van der Waals surface area (Å²) in [5.41, 5.74) is 0. The molecule has 0 unspecified atom stereocenters. The molecule has 0 aromatic rings. The molecule has 156 valence electrons. The maximum atomic E-state index is 6.19. The molecule has 0 aromatic heterocycles. The Morgan fingerprint density at radius 3 is 1.11 bits per heavy atom. The molecular formula is C24H39BO3. The Hall–Kier alpha value is -0.835. The van der Waals surface area contributed by atoms with Crippen molar-refractivity contribution in [3.63, 3.8) is 0 Å². The average molecular weight is 386 g/mol. The predicted octanol–water partition coefficient (Wildman–Crippen LogP) is 5.83. The van der Waals surface area contributed by atoms with E-state index in [0.717, 1.165) is 58.3 Å². The Bertz CT molecular complexity index is 468. The van der Waals surface area contributed by atoms with Crippen molar-refractivity contribution in [1.29, 1.82) is 0 Å². The average Bonchev–Trinajstić information content (AvgIpc) is 2.71. The summed E-state index contributed by atoms with van der Waals surface area (Å²) in [6.45, 7) is 9.12. The molecule has 0 amide bonds.